The lowest BCUT2D eigenvalue weighted by Crippen LogP contribution is -2.56. The van der Waals surface area contributed by atoms with Crippen LogP contribution in [0.2, 0.25) is 0 Å². The molecule has 0 saturated carbocycles. The van der Waals surface area contributed by atoms with Crippen LogP contribution in [-0.2, 0) is 0 Å². The largest absolute Gasteiger partial charge is 0.369 e. The summed E-state index contributed by atoms with van der Waals surface area (Å²) >= 11 is 3.42. The smallest absolute Gasteiger partial charge is 0.0992 e. The minimum Gasteiger partial charge on any atom is -0.369 e. The summed E-state index contributed by atoms with van der Waals surface area (Å²) in [7, 11) is 2.06. The van der Waals surface area contributed by atoms with E-state index in [1.165, 1.54) is 0 Å². The van der Waals surface area contributed by atoms with E-state index in [1.54, 1.807) is 0 Å². The molecular weight excluding hydrogens is 254 g/mol. The van der Waals surface area contributed by atoms with E-state index in [0.29, 0.717) is 11.6 Å². The van der Waals surface area contributed by atoms with Gasteiger partial charge in [-0.3, -0.25) is 0 Å². The number of nitriles is 1. The summed E-state index contributed by atoms with van der Waals surface area (Å²) in [5.41, 5.74) is 1.78. The summed E-state index contributed by atoms with van der Waals surface area (Å²) < 4.78 is 0.954. The van der Waals surface area contributed by atoms with E-state index in [1.807, 2.05) is 18.2 Å². The first-order chi connectivity index (χ1) is 7.20. The maximum atomic E-state index is 8.88. The van der Waals surface area contributed by atoms with Crippen LogP contribution < -0.4 is 10.2 Å². The summed E-state index contributed by atoms with van der Waals surface area (Å²) in [6.45, 7) is 2.04. The van der Waals surface area contributed by atoms with Crippen LogP contribution in [0.1, 0.15) is 5.56 Å². The van der Waals surface area contributed by atoms with Gasteiger partial charge in [-0.1, -0.05) is 15.9 Å². The zero-order valence-electron chi connectivity index (χ0n) is 8.50. The average molecular weight is 266 g/mol. The number of halogens is 1. The van der Waals surface area contributed by atoms with Crippen LogP contribution in [0.3, 0.4) is 0 Å². The van der Waals surface area contributed by atoms with Crippen LogP contribution in [0.5, 0.6) is 0 Å². The highest BCUT2D eigenvalue weighted by Gasteiger charge is 2.21. The van der Waals surface area contributed by atoms with Crippen LogP contribution in [0, 0.1) is 11.3 Å². The van der Waals surface area contributed by atoms with Gasteiger partial charge in [0.25, 0.3) is 0 Å². The fraction of sp³-hybridized carbons (Fsp3) is 0.364. The number of rotatable bonds is 2. The normalized spacial score (nSPS) is 15.5. The Labute approximate surface area is 97.8 Å². The monoisotopic (exact) mass is 265 g/mol. The van der Waals surface area contributed by atoms with Gasteiger partial charge in [0.1, 0.15) is 0 Å². The van der Waals surface area contributed by atoms with Crippen LogP contribution in [0.25, 0.3) is 0 Å². The summed E-state index contributed by atoms with van der Waals surface area (Å²) in [6.07, 6.45) is 0. The first kappa shape index (κ1) is 10.5. The molecule has 1 aromatic carbocycles. The second-order valence-corrected chi connectivity index (χ2v) is 4.65. The molecule has 0 amide bonds. The van der Waals surface area contributed by atoms with Crippen molar-refractivity contribution < 1.29 is 0 Å². The molecule has 1 N–H and O–H groups in total. The van der Waals surface area contributed by atoms with Gasteiger partial charge in [0, 0.05) is 30.3 Å². The van der Waals surface area contributed by atoms with Gasteiger partial charge in [0.05, 0.1) is 17.7 Å². The number of nitrogens with one attached hydrogen (secondary N) is 1. The molecular formula is C11H12BrN3. The molecule has 1 heterocycles. The Hall–Kier alpha value is -1.05. The van der Waals surface area contributed by atoms with Crippen molar-refractivity contribution in [1.82, 2.24) is 5.32 Å². The molecule has 0 bridgehead atoms. The van der Waals surface area contributed by atoms with E-state index in [-0.39, 0.29) is 0 Å². The van der Waals surface area contributed by atoms with Gasteiger partial charge in [-0.2, -0.15) is 5.26 Å². The average Bonchev–Trinajstić information content (AvgIpc) is 2.14. The van der Waals surface area contributed by atoms with Crippen molar-refractivity contribution in [3.63, 3.8) is 0 Å². The first-order valence-corrected chi connectivity index (χ1v) is 5.64. The number of anilines is 1. The standard InChI is InChI=1S/C11H12BrN3/c1-15(11-6-14-7-11)10-3-8(5-13)2-9(12)4-10/h2-4,11,14H,6-7H2,1H3. The fourth-order valence-electron chi connectivity index (χ4n) is 1.60. The van der Waals surface area contributed by atoms with Crippen LogP contribution in [0.4, 0.5) is 5.69 Å². The molecule has 0 spiro atoms. The van der Waals surface area contributed by atoms with E-state index in [9.17, 15) is 0 Å². The van der Waals surface area contributed by atoms with E-state index < -0.39 is 0 Å². The summed E-state index contributed by atoms with van der Waals surface area (Å²) in [4.78, 5) is 2.21. The van der Waals surface area contributed by atoms with E-state index in [2.05, 4.69) is 39.3 Å². The number of hydrogen-bond donors (Lipinski definition) is 1. The van der Waals surface area contributed by atoms with Crippen molar-refractivity contribution in [2.75, 3.05) is 25.0 Å². The van der Waals surface area contributed by atoms with E-state index >= 15 is 0 Å². The fourth-order valence-corrected chi connectivity index (χ4v) is 2.08. The second kappa shape index (κ2) is 4.21. The second-order valence-electron chi connectivity index (χ2n) is 3.73. The first-order valence-electron chi connectivity index (χ1n) is 4.85. The third-order valence-electron chi connectivity index (χ3n) is 2.73. The van der Waals surface area contributed by atoms with Crippen molar-refractivity contribution in [3.05, 3.63) is 28.2 Å². The summed E-state index contributed by atoms with van der Waals surface area (Å²) in [6, 6.07) is 8.50. The van der Waals surface area contributed by atoms with Gasteiger partial charge in [0.2, 0.25) is 0 Å². The van der Waals surface area contributed by atoms with Gasteiger partial charge in [0.15, 0.2) is 0 Å². The van der Waals surface area contributed by atoms with Crippen molar-refractivity contribution in [3.8, 4) is 6.07 Å². The number of nitrogens with zero attached hydrogens (tertiary/aromatic N) is 2. The molecule has 0 radical (unpaired) electrons. The molecule has 1 aliphatic heterocycles. The molecule has 0 aliphatic carbocycles. The van der Waals surface area contributed by atoms with Gasteiger partial charge >= 0.3 is 0 Å². The Balaban J connectivity index is 2.27. The molecule has 3 nitrogen and oxygen atoms in total. The molecule has 1 aliphatic rings. The minimum absolute atomic E-state index is 0.547. The Morgan fingerprint density at radius 3 is 2.73 bits per heavy atom. The molecule has 1 aromatic rings. The van der Waals surface area contributed by atoms with Crippen molar-refractivity contribution in [2.24, 2.45) is 0 Å². The molecule has 2 rings (SSSR count). The van der Waals surface area contributed by atoms with E-state index in [0.717, 1.165) is 23.2 Å². The molecule has 1 saturated heterocycles. The molecule has 4 heteroatoms. The molecule has 15 heavy (non-hydrogen) atoms. The third kappa shape index (κ3) is 2.14. The highest BCUT2D eigenvalue weighted by Crippen LogP contribution is 2.23. The van der Waals surface area contributed by atoms with E-state index in [4.69, 9.17) is 5.26 Å². The lowest BCUT2D eigenvalue weighted by molar-refractivity contribution is 0.428. The van der Waals surface area contributed by atoms with Crippen molar-refractivity contribution in [1.29, 1.82) is 5.26 Å². The maximum absolute atomic E-state index is 8.88. The van der Waals surface area contributed by atoms with Gasteiger partial charge in [-0.05, 0) is 18.2 Å². The van der Waals surface area contributed by atoms with Crippen LogP contribution in [0.15, 0.2) is 22.7 Å². The van der Waals surface area contributed by atoms with Crippen molar-refractivity contribution >= 4 is 21.6 Å². The van der Waals surface area contributed by atoms with Crippen LogP contribution >= 0.6 is 15.9 Å². The zero-order chi connectivity index (χ0) is 10.8. The quantitative estimate of drug-likeness (QED) is 0.886. The van der Waals surface area contributed by atoms with Crippen LogP contribution in [-0.4, -0.2) is 26.2 Å². The Morgan fingerprint density at radius 2 is 2.20 bits per heavy atom. The zero-order valence-corrected chi connectivity index (χ0v) is 10.1. The number of benzene rings is 1. The molecule has 1 fully saturated rings. The molecule has 0 aromatic heterocycles. The lowest BCUT2D eigenvalue weighted by Gasteiger charge is -2.37. The predicted molar refractivity (Wildman–Crippen MR) is 63.9 cm³/mol. The maximum Gasteiger partial charge on any atom is 0.0992 e. The molecule has 0 atom stereocenters. The SMILES string of the molecule is CN(c1cc(Br)cc(C#N)c1)C1CNC1. The third-order valence-corrected chi connectivity index (χ3v) is 3.18. The summed E-state index contributed by atoms with van der Waals surface area (Å²) in [5, 5.41) is 12.1. The minimum atomic E-state index is 0.547. The highest BCUT2D eigenvalue weighted by atomic mass is 79.9. The Bertz CT molecular complexity index is 407. The Morgan fingerprint density at radius 1 is 1.47 bits per heavy atom. The predicted octanol–water partition coefficient (Wildman–Crippen LogP) is 1.73. The van der Waals surface area contributed by atoms with Crippen molar-refractivity contribution in [2.45, 2.75) is 6.04 Å². The topological polar surface area (TPSA) is 39.1 Å². The lowest BCUT2D eigenvalue weighted by atomic mass is 10.1. The van der Waals surface area contributed by atoms with Gasteiger partial charge < -0.3 is 10.2 Å². The number of likely N-dealkylation sites (N-methyl/N-ethyl adjacent to an activating group) is 1. The molecule has 0 unspecified atom stereocenters. The molecule has 78 valence electrons. The van der Waals surface area contributed by atoms with Gasteiger partial charge in [-0.15, -0.1) is 0 Å². The number of hydrogen-bond acceptors (Lipinski definition) is 3. The summed E-state index contributed by atoms with van der Waals surface area (Å²) in [5.74, 6) is 0. The van der Waals surface area contributed by atoms with Gasteiger partial charge in [-0.25, -0.2) is 0 Å². The highest BCUT2D eigenvalue weighted by molar-refractivity contribution is 9.10. The Kier molecular flexibility index (Phi) is 2.94.